The van der Waals surface area contributed by atoms with E-state index >= 15 is 0 Å². The van der Waals surface area contributed by atoms with E-state index in [0.29, 0.717) is 6.04 Å². The first-order chi connectivity index (χ1) is 11.2. The second-order valence-corrected chi connectivity index (χ2v) is 6.99. The van der Waals surface area contributed by atoms with Gasteiger partial charge in [-0.05, 0) is 43.1 Å². The molecule has 1 saturated heterocycles. The van der Waals surface area contributed by atoms with Gasteiger partial charge in [0.1, 0.15) is 0 Å². The fourth-order valence-electron chi connectivity index (χ4n) is 4.10. The summed E-state index contributed by atoms with van der Waals surface area (Å²) >= 11 is 0. The molecular weight excluding hydrogens is 284 g/mol. The van der Waals surface area contributed by atoms with Crippen LogP contribution in [0.25, 0.3) is 0 Å². The first kappa shape index (κ1) is 16.9. The van der Waals surface area contributed by atoms with Gasteiger partial charge in [0.15, 0.2) is 0 Å². The van der Waals surface area contributed by atoms with E-state index in [1.54, 1.807) is 0 Å². The smallest absolute Gasteiger partial charge is 0.0477 e. The van der Waals surface area contributed by atoms with E-state index < -0.39 is 0 Å². The Labute approximate surface area is 141 Å². The summed E-state index contributed by atoms with van der Waals surface area (Å²) in [5.41, 5.74) is 10.5. The van der Waals surface area contributed by atoms with Crippen molar-refractivity contribution in [1.82, 2.24) is 14.7 Å². The van der Waals surface area contributed by atoms with Crippen LogP contribution in [0.4, 0.5) is 0 Å². The summed E-state index contributed by atoms with van der Waals surface area (Å²) in [6.07, 6.45) is 1.25. The van der Waals surface area contributed by atoms with Gasteiger partial charge in [-0.2, -0.15) is 0 Å². The molecule has 1 aromatic carbocycles. The molecule has 0 amide bonds. The Bertz CT molecular complexity index is 508. The van der Waals surface area contributed by atoms with E-state index in [1.807, 2.05) is 0 Å². The number of nitrogens with zero attached hydrogens (tertiary/aromatic N) is 3. The Kier molecular flexibility index (Phi) is 5.70. The van der Waals surface area contributed by atoms with Gasteiger partial charge in [0.05, 0.1) is 0 Å². The minimum atomic E-state index is 0.418. The number of fused-ring (bicyclic) bond motifs is 1. The molecule has 0 aliphatic carbocycles. The Morgan fingerprint density at radius 2 is 1.83 bits per heavy atom. The highest BCUT2D eigenvalue weighted by atomic mass is 15.3. The molecule has 4 nitrogen and oxygen atoms in total. The van der Waals surface area contributed by atoms with Crippen LogP contribution in [0.2, 0.25) is 0 Å². The molecule has 128 valence electrons. The van der Waals surface area contributed by atoms with Gasteiger partial charge < -0.3 is 15.5 Å². The Morgan fingerprint density at radius 1 is 1.09 bits per heavy atom. The molecule has 0 radical (unpaired) electrons. The van der Waals surface area contributed by atoms with Gasteiger partial charge in [0.25, 0.3) is 0 Å². The van der Waals surface area contributed by atoms with Gasteiger partial charge in [-0.25, -0.2) is 0 Å². The van der Waals surface area contributed by atoms with Gasteiger partial charge in [-0.3, -0.25) is 4.90 Å². The van der Waals surface area contributed by atoms with Crippen LogP contribution in [0.1, 0.15) is 36.1 Å². The van der Waals surface area contributed by atoms with Crippen LogP contribution in [0, 0.1) is 6.92 Å². The summed E-state index contributed by atoms with van der Waals surface area (Å²) in [4.78, 5) is 7.75. The van der Waals surface area contributed by atoms with Gasteiger partial charge in [0.2, 0.25) is 0 Å². The zero-order valence-electron chi connectivity index (χ0n) is 14.8. The Morgan fingerprint density at radius 3 is 2.52 bits per heavy atom. The highest BCUT2D eigenvalue weighted by Crippen LogP contribution is 2.34. The molecule has 2 aliphatic heterocycles. The molecule has 0 aromatic heterocycles. The summed E-state index contributed by atoms with van der Waals surface area (Å²) in [6.45, 7) is 14.8. The van der Waals surface area contributed by atoms with Gasteiger partial charge in [0, 0.05) is 51.9 Å². The molecule has 0 spiro atoms. The van der Waals surface area contributed by atoms with Gasteiger partial charge >= 0.3 is 0 Å². The summed E-state index contributed by atoms with van der Waals surface area (Å²) in [6, 6.07) is 7.09. The molecular formula is C19H32N4. The fraction of sp³-hybridized carbons (Fsp3) is 0.684. The molecule has 4 heteroatoms. The number of hydrogen-bond acceptors (Lipinski definition) is 4. The summed E-state index contributed by atoms with van der Waals surface area (Å²) in [7, 11) is 0. The van der Waals surface area contributed by atoms with Crippen molar-refractivity contribution >= 4 is 0 Å². The van der Waals surface area contributed by atoms with Crippen molar-refractivity contribution in [2.45, 2.75) is 32.9 Å². The van der Waals surface area contributed by atoms with Crippen molar-refractivity contribution in [3.05, 3.63) is 34.9 Å². The molecule has 23 heavy (non-hydrogen) atoms. The van der Waals surface area contributed by atoms with E-state index in [1.165, 1.54) is 62.4 Å². The van der Waals surface area contributed by atoms with E-state index in [9.17, 15) is 0 Å². The van der Waals surface area contributed by atoms with Crippen LogP contribution in [0.15, 0.2) is 18.2 Å². The maximum absolute atomic E-state index is 6.08. The quantitative estimate of drug-likeness (QED) is 0.869. The lowest BCUT2D eigenvalue weighted by molar-refractivity contribution is 0.127. The third-order valence-corrected chi connectivity index (χ3v) is 5.66. The monoisotopic (exact) mass is 316 g/mol. The predicted octanol–water partition coefficient (Wildman–Crippen LogP) is 1.84. The Hall–Kier alpha value is -0.940. The van der Waals surface area contributed by atoms with Crippen molar-refractivity contribution in [2.24, 2.45) is 5.73 Å². The maximum atomic E-state index is 6.08. The van der Waals surface area contributed by atoms with Gasteiger partial charge in [-0.1, -0.05) is 25.1 Å². The van der Waals surface area contributed by atoms with E-state index in [-0.39, 0.29) is 0 Å². The number of aryl methyl sites for hydroxylation is 1. The number of nitrogens with two attached hydrogens (primary N) is 1. The van der Waals surface area contributed by atoms with Crippen molar-refractivity contribution < 1.29 is 0 Å². The summed E-state index contributed by atoms with van der Waals surface area (Å²) in [5, 5.41) is 0. The minimum absolute atomic E-state index is 0.418. The van der Waals surface area contributed by atoms with Gasteiger partial charge in [-0.15, -0.1) is 0 Å². The van der Waals surface area contributed by atoms with Crippen LogP contribution in [-0.2, 0) is 6.54 Å². The number of piperazine rings is 1. The molecule has 0 bridgehead atoms. The lowest BCUT2D eigenvalue weighted by Gasteiger charge is -2.34. The first-order valence-corrected chi connectivity index (χ1v) is 9.20. The average Bonchev–Trinajstić information content (AvgIpc) is 2.94. The molecule has 2 aliphatic rings. The molecule has 2 N–H and O–H groups in total. The number of benzene rings is 1. The second kappa shape index (κ2) is 7.75. The zero-order valence-corrected chi connectivity index (χ0v) is 14.8. The topological polar surface area (TPSA) is 35.7 Å². The second-order valence-electron chi connectivity index (χ2n) is 6.99. The van der Waals surface area contributed by atoms with E-state index in [4.69, 9.17) is 5.73 Å². The van der Waals surface area contributed by atoms with Crippen molar-refractivity contribution in [2.75, 3.05) is 52.4 Å². The molecule has 1 unspecified atom stereocenters. The van der Waals surface area contributed by atoms with Crippen molar-refractivity contribution in [3.63, 3.8) is 0 Å². The molecule has 3 rings (SSSR count). The van der Waals surface area contributed by atoms with Crippen LogP contribution in [0.5, 0.6) is 0 Å². The normalized spacial score (nSPS) is 23.3. The Balaban J connectivity index is 1.49. The summed E-state index contributed by atoms with van der Waals surface area (Å²) in [5.74, 6) is 0. The molecule has 0 saturated carbocycles. The lowest BCUT2D eigenvalue weighted by atomic mass is 10.0. The van der Waals surface area contributed by atoms with Crippen LogP contribution in [-0.4, -0.2) is 67.1 Å². The standard InChI is InChI=1S/C19H32N4/c1-3-21-10-12-22(13-11-21)8-5-9-23-15-18-16(2)6-4-7-17(18)19(23)14-20/h4,6-7,19H,3,5,8-15,20H2,1-2H3. The molecule has 1 fully saturated rings. The third kappa shape index (κ3) is 3.77. The lowest BCUT2D eigenvalue weighted by Crippen LogP contribution is -2.46. The zero-order chi connectivity index (χ0) is 16.2. The molecule has 2 heterocycles. The minimum Gasteiger partial charge on any atom is -0.329 e. The van der Waals surface area contributed by atoms with Crippen LogP contribution < -0.4 is 5.73 Å². The SMILES string of the molecule is CCN1CCN(CCCN2Cc3c(C)cccc3C2CN)CC1. The number of rotatable bonds is 6. The molecule has 1 atom stereocenters. The van der Waals surface area contributed by atoms with Crippen LogP contribution >= 0.6 is 0 Å². The number of likely N-dealkylation sites (N-methyl/N-ethyl adjacent to an activating group) is 1. The highest BCUT2D eigenvalue weighted by Gasteiger charge is 2.29. The van der Waals surface area contributed by atoms with Crippen molar-refractivity contribution in [1.29, 1.82) is 0 Å². The third-order valence-electron chi connectivity index (χ3n) is 5.66. The fourth-order valence-corrected chi connectivity index (χ4v) is 4.10. The number of hydrogen-bond donors (Lipinski definition) is 1. The first-order valence-electron chi connectivity index (χ1n) is 9.20. The van der Waals surface area contributed by atoms with Crippen molar-refractivity contribution in [3.8, 4) is 0 Å². The highest BCUT2D eigenvalue weighted by molar-refractivity contribution is 5.40. The molecule has 1 aromatic rings. The van der Waals surface area contributed by atoms with E-state index in [0.717, 1.165) is 19.6 Å². The predicted molar refractivity (Wildman–Crippen MR) is 96.6 cm³/mol. The van der Waals surface area contributed by atoms with E-state index in [2.05, 4.69) is 46.7 Å². The maximum Gasteiger partial charge on any atom is 0.0477 e. The average molecular weight is 316 g/mol. The van der Waals surface area contributed by atoms with Crippen LogP contribution in [0.3, 0.4) is 0 Å². The summed E-state index contributed by atoms with van der Waals surface area (Å²) < 4.78 is 0. The largest absolute Gasteiger partial charge is 0.329 e.